The van der Waals surface area contributed by atoms with Crippen molar-refractivity contribution in [2.24, 2.45) is 5.73 Å². The Bertz CT molecular complexity index is 435. The van der Waals surface area contributed by atoms with E-state index in [0.717, 1.165) is 18.7 Å². The normalized spacial score (nSPS) is 15.0. The van der Waals surface area contributed by atoms with E-state index in [1.165, 1.54) is 11.1 Å². The molecule has 0 atom stereocenters. The molecule has 0 radical (unpaired) electrons. The Balaban J connectivity index is 2.40. The van der Waals surface area contributed by atoms with Crippen LogP contribution in [0, 0.1) is 0 Å². The summed E-state index contributed by atoms with van der Waals surface area (Å²) < 4.78 is 2.05. The number of carbonyl (C=O) groups is 1. The summed E-state index contributed by atoms with van der Waals surface area (Å²) in [5.41, 5.74) is 8.96. The lowest BCUT2D eigenvalue weighted by atomic mass is 9.98. The van der Waals surface area contributed by atoms with Crippen molar-refractivity contribution in [2.75, 3.05) is 13.1 Å². The van der Waals surface area contributed by atoms with E-state index in [0.29, 0.717) is 6.54 Å². The van der Waals surface area contributed by atoms with E-state index in [-0.39, 0.29) is 5.91 Å². The highest BCUT2D eigenvalue weighted by Gasteiger charge is 2.22. The third-order valence-electron chi connectivity index (χ3n) is 2.88. The first-order chi connectivity index (χ1) is 7.18. The molecule has 3 nitrogen and oxygen atoms in total. The second kappa shape index (κ2) is 3.85. The van der Waals surface area contributed by atoms with Gasteiger partial charge in [-0.3, -0.25) is 4.79 Å². The SMILES string of the molecule is CC1=[N+](CC(N)=O)CCc2ccccc21. The summed E-state index contributed by atoms with van der Waals surface area (Å²) in [5.74, 6) is -0.270. The fourth-order valence-electron chi connectivity index (χ4n) is 2.07. The number of fused-ring (bicyclic) bond motifs is 1. The number of nitrogens with two attached hydrogens (primary N) is 1. The van der Waals surface area contributed by atoms with Crippen molar-refractivity contribution in [1.82, 2.24) is 0 Å². The van der Waals surface area contributed by atoms with Crippen LogP contribution in [-0.2, 0) is 11.2 Å². The zero-order valence-electron chi connectivity index (χ0n) is 8.86. The Hall–Kier alpha value is -1.64. The Morgan fingerprint density at radius 1 is 1.47 bits per heavy atom. The minimum absolute atomic E-state index is 0.270. The first-order valence-corrected chi connectivity index (χ1v) is 5.13. The van der Waals surface area contributed by atoms with E-state index in [4.69, 9.17) is 5.73 Å². The maximum Gasteiger partial charge on any atom is 0.282 e. The van der Waals surface area contributed by atoms with Gasteiger partial charge >= 0.3 is 0 Å². The summed E-state index contributed by atoms with van der Waals surface area (Å²) in [6.07, 6.45) is 0.987. The van der Waals surface area contributed by atoms with Crippen molar-refractivity contribution in [2.45, 2.75) is 13.3 Å². The largest absolute Gasteiger partial charge is 0.364 e. The molecule has 0 aliphatic carbocycles. The van der Waals surface area contributed by atoms with Gasteiger partial charge in [-0.1, -0.05) is 18.2 Å². The van der Waals surface area contributed by atoms with E-state index < -0.39 is 0 Å². The van der Waals surface area contributed by atoms with E-state index >= 15 is 0 Å². The molecule has 0 saturated carbocycles. The Kier molecular flexibility index (Phi) is 2.54. The number of hydrogen-bond donors (Lipinski definition) is 1. The predicted octanol–water partition coefficient (Wildman–Crippen LogP) is 0.549. The van der Waals surface area contributed by atoms with Crippen LogP contribution in [0.25, 0.3) is 0 Å². The van der Waals surface area contributed by atoms with E-state index in [9.17, 15) is 4.79 Å². The van der Waals surface area contributed by atoms with E-state index in [1.807, 2.05) is 17.6 Å². The number of carbonyl (C=O) groups excluding carboxylic acids is 1. The lowest BCUT2D eigenvalue weighted by Gasteiger charge is -2.15. The van der Waals surface area contributed by atoms with Crippen molar-refractivity contribution in [3.8, 4) is 0 Å². The van der Waals surface area contributed by atoms with Crippen molar-refractivity contribution >= 4 is 11.6 Å². The van der Waals surface area contributed by atoms with Crippen LogP contribution in [0.15, 0.2) is 24.3 Å². The highest BCUT2D eigenvalue weighted by Crippen LogP contribution is 2.15. The molecule has 1 aromatic carbocycles. The van der Waals surface area contributed by atoms with Crippen molar-refractivity contribution in [1.29, 1.82) is 0 Å². The molecule has 2 N–H and O–H groups in total. The van der Waals surface area contributed by atoms with Gasteiger partial charge in [0.15, 0.2) is 5.71 Å². The van der Waals surface area contributed by atoms with Crippen LogP contribution in [0.5, 0.6) is 0 Å². The lowest BCUT2D eigenvalue weighted by Crippen LogP contribution is -2.35. The number of primary amides is 1. The van der Waals surface area contributed by atoms with Gasteiger partial charge in [0.25, 0.3) is 5.91 Å². The van der Waals surface area contributed by atoms with Gasteiger partial charge in [-0.2, -0.15) is 0 Å². The van der Waals surface area contributed by atoms with Gasteiger partial charge in [-0.15, -0.1) is 0 Å². The second-order valence-electron chi connectivity index (χ2n) is 3.88. The molecule has 0 bridgehead atoms. The second-order valence-corrected chi connectivity index (χ2v) is 3.88. The number of nitrogens with zero attached hydrogens (tertiary/aromatic N) is 1. The highest BCUT2D eigenvalue weighted by atomic mass is 16.1. The number of hydrogen-bond acceptors (Lipinski definition) is 1. The average molecular weight is 203 g/mol. The molecule has 1 amide bonds. The van der Waals surface area contributed by atoms with Gasteiger partial charge < -0.3 is 5.73 Å². The minimum atomic E-state index is -0.270. The summed E-state index contributed by atoms with van der Waals surface area (Å²) in [6.45, 7) is 3.24. The molecule has 0 saturated heterocycles. The molecule has 1 aromatic rings. The molecule has 1 heterocycles. The average Bonchev–Trinajstić information content (AvgIpc) is 2.22. The van der Waals surface area contributed by atoms with Gasteiger partial charge in [0, 0.05) is 18.9 Å². The molecule has 3 heteroatoms. The molecule has 0 aromatic heterocycles. The maximum atomic E-state index is 10.9. The van der Waals surface area contributed by atoms with Gasteiger partial charge in [-0.25, -0.2) is 4.58 Å². The molecule has 1 aliphatic heterocycles. The third-order valence-corrected chi connectivity index (χ3v) is 2.88. The Morgan fingerprint density at radius 3 is 2.93 bits per heavy atom. The highest BCUT2D eigenvalue weighted by molar-refractivity contribution is 5.97. The van der Waals surface area contributed by atoms with E-state index in [2.05, 4.69) is 18.2 Å². The zero-order chi connectivity index (χ0) is 10.8. The van der Waals surface area contributed by atoms with Crippen LogP contribution in [0.2, 0.25) is 0 Å². The number of rotatable bonds is 2. The first kappa shape index (κ1) is 9.90. The third kappa shape index (κ3) is 1.91. The standard InChI is InChI=1S/C12H14N2O/c1-9-11-5-3-2-4-10(11)6-7-14(9)8-12(13)15/h2-5H,6-8H2,1H3,(H-,13,15)/p+1. The van der Waals surface area contributed by atoms with Gasteiger partial charge in [0.05, 0.1) is 0 Å². The molecule has 0 unspecified atom stereocenters. The summed E-state index contributed by atoms with van der Waals surface area (Å²) in [5, 5.41) is 0. The van der Waals surface area contributed by atoms with Gasteiger partial charge in [-0.05, 0) is 11.6 Å². The predicted molar refractivity (Wildman–Crippen MR) is 59.1 cm³/mol. The fraction of sp³-hybridized carbons (Fsp3) is 0.333. The molecule has 0 spiro atoms. The summed E-state index contributed by atoms with van der Waals surface area (Å²) in [7, 11) is 0. The summed E-state index contributed by atoms with van der Waals surface area (Å²) in [6, 6.07) is 8.31. The molecule has 15 heavy (non-hydrogen) atoms. The van der Waals surface area contributed by atoms with Gasteiger partial charge in [0.2, 0.25) is 6.54 Å². The summed E-state index contributed by atoms with van der Waals surface area (Å²) >= 11 is 0. The molecule has 78 valence electrons. The molecule has 0 fully saturated rings. The van der Waals surface area contributed by atoms with Crippen molar-refractivity contribution < 1.29 is 9.37 Å². The monoisotopic (exact) mass is 203 g/mol. The fourth-order valence-corrected chi connectivity index (χ4v) is 2.07. The molecular weight excluding hydrogens is 188 g/mol. The lowest BCUT2D eigenvalue weighted by molar-refractivity contribution is -0.517. The topological polar surface area (TPSA) is 46.1 Å². The maximum absolute atomic E-state index is 10.9. The summed E-state index contributed by atoms with van der Waals surface area (Å²) in [4.78, 5) is 10.9. The Labute approximate surface area is 89.2 Å². The Morgan fingerprint density at radius 2 is 2.20 bits per heavy atom. The van der Waals surface area contributed by atoms with Crippen molar-refractivity contribution in [3.05, 3.63) is 35.4 Å². The zero-order valence-corrected chi connectivity index (χ0v) is 8.86. The number of benzene rings is 1. The number of amides is 1. The van der Waals surface area contributed by atoms with Crippen molar-refractivity contribution in [3.63, 3.8) is 0 Å². The molecular formula is C12H15N2O+. The first-order valence-electron chi connectivity index (χ1n) is 5.13. The van der Waals surface area contributed by atoms with Crippen LogP contribution in [-0.4, -0.2) is 29.3 Å². The van der Waals surface area contributed by atoms with Crippen LogP contribution >= 0.6 is 0 Å². The molecule has 2 rings (SSSR count). The van der Waals surface area contributed by atoms with Gasteiger partial charge in [0.1, 0.15) is 6.54 Å². The van der Waals surface area contributed by atoms with Crippen LogP contribution in [0.1, 0.15) is 18.1 Å². The molecule has 1 aliphatic rings. The van der Waals surface area contributed by atoms with Crippen LogP contribution in [0.3, 0.4) is 0 Å². The quantitative estimate of drug-likeness (QED) is 0.701. The van der Waals surface area contributed by atoms with Crippen LogP contribution < -0.4 is 5.73 Å². The minimum Gasteiger partial charge on any atom is -0.364 e. The smallest absolute Gasteiger partial charge is 0.282 e. The van der Waals surface area contributed by atoms with E-state index in [1.54, 1.807) is 0 Å². The van der Waals surface area contributed by atoms with Crippen LogP contribution in [0.4, 0.5) is 0 Å².